The highest BCUT2D eigenvalue weighted by atomic mass is 35.5. The number of ether oxygens (including phenoxy) is 1. The van der Waals surface area contributed by atoms with Crippen LogP contribution < -0.4 is 10.1 Å². The van der Waals surface area contributed by atoms with E-state index < -0.39 is 5.91 Å². The van der Waals surface area contributed by atoms with Crippen LogP contribution in [-0.2, 0) is 4.79 Å². The molecule has 130 valence electrons. The summed E-state index contributed by atoms with van der Waals surface area (Å²) >= 11 is 31.1. The second-order valence-electron chi connectivity index (χ2n) is 4.84. The fourth-order valence-electron chi connectivity index (χ4n) is 1.52. The number of amides is 1. The zero-order valence-corrected chi connectivity index (χ0v) is 16.9. The Morgan fingerprint density at radius 3 is 2.08 bits per heavy atom. The third-order valence-corrected chi connectivity index (χ3v) is 6.08. The number of rotatable bonds is 5. The maximum absolute atomic E-state index is 11.9. The Bertz CT molecular complexity index is 752. The van der Waals surface area contributed by atoms with Crippen molar-refractivity contribution in [1.29, 1.82) is 0 Å². The van der Waals surface area contributed by atoms with E-state index in [2.05, 4.69) is 15.5 Å². The minimum atomic E-state index is -0.462. The zero-order chi connectivity index (χ0) is 18.0. The van der Waals surface area contributed by atoms with Crippen molar-refractivity contribution in [2.45, 2.75) is 19.8 Å². The van der Waals surface area contributed by atoms with E-state index in [-0.39, 0.29) is 43.4 Å². The first-order valence-corrected chi connectivity index (χ1v) is 9.20. The van der Waals surface area contributed by atoms with Crippen LogP contribution >= 0.6 is 69.3 Å². The van der Waals surface area contributed by atoms with Crippen molar-refractivity contribution in [2.75, 3.05) is 11.9 Å². The summed E-state index contributed by atoms with van der Waals surface area (Å²) < 4.78 is 5.33. The molecule has 2 rings (SSSR count). The summed E-state index contributed by atoms with van der Waals surface area (Å²) in [7, 11) is 0. The first-order valence-electron chi connectivity index (χ1n) is 6.49. The Morgan fingerprint density at radius 1 is 1.04 bits per heavy atom. The first kappa shape index (κ1) is 19.8. The predicted molar refractivity (Wildman–Crippen MR) is 99.6 cm³/mol. The fraction of sp³-hybridized carbons (Fsp3) is 0.308. The third-order valence-electron chi connectivity index (χ3n) is 2.70. The Labute approximate surface area is 167 Å². The monoisotopic (exact) mass is 447 g/mol. The lowest BCUT2D eigenvalue weighted by Crippen LogP contribution is -2.20. The second-order valence-corrected chi connectivity index (χ2v) is 7.73. The van der Waals surface area contributed by atoms with Gasteiger partial charge in [-0.1, -0.05) is 83.2 Å². The molecule has 0 spiro atoms. The lowest BCUT2D eigenvalue weighted by molar-refractivity contribution is -0.118. The van der Waals surface area contributed by atoms with Crippen molar-refractivity contribution in [3.05, 3.63) is 30.1 Å². The SMILES string of the molecule is CC(C)c1nnc(NC(=O)COc2c(Cl)c(Cl)c(Cl)c(Cl)c2Cl)s1. The van der Waals surface area contributed by atoms with Crippen molar-refractivity contribution in [1.82, 2.24) is 10.2 Å². The molecule has 0 saturated carbocycles. The maximum Gasteiger partial charge on any atom is 0.264 e. The fourth-order valence-corrected chi connectivity index (χ4v) is 3.52. The number of nitrogens with one attached hydrogen (secondary N) is 1. The number of anilines is 1. The number of nitrogens with zero attached hydrogens (tertiary/aromatic N) is 2. The molecule has 2 aromatic rings. The summed E-state index contributed by atoms with van der Waals surface area (Å²) in [6.45, 7) is 3.59. The van der Waals surface area contributed by atoms with Crippen LogP contribution in [0.4, 0.5) is 5.13 Å². The van der Waals surface area contributed by atoms with Crippen LogP contribution in [0.15, 0.2) is 0 Å². The lowest BCUT2D eigenvalue weighted by atomic mass is 10.2. The van der Waals surface area contributed by atoms with Gasteiger partial charge < -0.3 is 4.74 Å². The lowest BCUT2D eigenvalue weighted by Gasteiger charge is -2.13. The van der Waals surface area contributed by atoms with Crippen molar-refractivity contribution < 1.29 is 9.53 Å². The Kier molecular flexibility index (Phi) is 6.82. The Hall–Kier alpha value is -0.500. The van der Waals surface area contributed by atoms with Crippen molar-refractivity contribution in [2.24, 2.45) is 0 Å². The highest BCUT2D eigenvalue weighted by Gasteiger charge is 2.21. The summed E-state index contributed by atoms with van der Waals surface area (Å²) in [6, 6.07) is 0. The number of benzene rings is 1. The minimum Gasteiger partial charge on any atom is -0.481 e. The number of halogens is 5. The van der Waals surface area contributed by atoms with Gasteiger partial charge in [0.25, 0.3) is 5.91 Å². The van der Waals surface area contributed by atoms with Gasteiger partial charge in [-0.05, 0) is 0 Å². The van der Waals surface area contributed by atoms with Crippen molar-refractivity contribution in [3.8, 4) is 5.75 Å². The molecule has 0 radical (unpaired) electrons. The molecule has 0 bridgehead atoms. The van der Waals surface area contributed by atoms with Gasteiger partial charge in [-0.25, -0.2) is 0 Å². The number of carbonyl (C=O) groups excluding carboxylic acids is 1. The summed E-state index contributed by atoms with van der Waals surface area (Å²) in [5, 5.41) is 11.6. The molecule has 1 heterocycles. The van der Waals surface area contributed by atoms with Crippen LogP contribution in [0.2, 0.25) is 25.1 Å². The number of aromatic nitrogens is 2. The van der Waals surface area contributed by atoms with Crippen LogP contribution in [0, 0.1) is 0 Å². The van der Waals surface area contributed by atoms with E-state index in [0.29, 0.717) is 5.13 Å². The van der Waals surface area contributed by atoms with E-state index in [1.165, 1.54) is 11.3 Å². The Morgan fingerprint density at radius 2 is 1.58 bits per heavy atom. The molecular formula is C13H10Cl5N3O2S. The molecule has 0 aliphatic carbocycles. The summed E-state index contributed by atoms with van der Waals surface area (Å²) in [4.78, 5) is 11.9. The predicted octanol–water partition coefficient (Wildman–Crippen LogP) is 5.95. The normalized spacial score (nSPS) is 11.0. The van der Waals surface area contributed by atoms with Gasteiger partial charge in [0.2, 0.25) is 5.13 Å². The third kappa shape index (κ3) is 4.36. The molecule has 0 aliphatic rings. The van der Waals surface area contributed by atoms with E-state index in [0.717, 1.165) is 5.01 Å². The summed E-state index contributed by atoms with van der Waals surface area (Å²) in [5.41, 5.74) is 0. The largest absolute Gasteiger partial charge is 0.481 e. The summed E-state index contributed by atoms with van der Waals surface area (Å²) in [5.74, 6) is -0.260. The van der Waals surface area contributed by atoms with E-state index in [9.17, 15) is 4.79 Å². The smallest absolute Gasteiger partial charge is 0.264 e. The van der Waals surface area contributed by atoms with Gasteiger partial charge in [0.05, 0.1) is 15.1 Å². The zero-order valence-electron chi connectivity index (χ0n) is 12.3. The quantitative estimate of drug-likeness (QED) is 0.453. The van der Waals surface area contributed by atoms with Gasteiger partial charge >= 0.3 is 0 Å². The van der Waals surface area contributed by atoms with E-state index in [1.807, 2.05) is 13.8 Å². The molecule has 0 saturated heterocycles. The molecular weight excluding hydrogens is 439 g/mol. The Balaban J connectivity index is 2.06. The molecule has 11 heteroatoms. The number of carbonyl (C=O) groups is 1. The average Bonchev–Trinajstić information content (AvgIpc) is 2.99. The minimum absolute atomic E-state index is 0.00570. The standard InChI is InChI=1S/C13H10Cl5N3O2S/c1-4(2)12-20-21-13(24-12)19-5(22)3-23-11-9(17)7(15)6(14)8(16)10(11)18/h4H,3H2,1-2H3,(H,19,21,22). The van der Waals surface area contributed by atoms with E-state index in [4.69, 9.17) is 62.7 Å². The maximum atomic E-state index is 11.9. The number of hydrogen-bond acceptors (Lipinski definition) is 5. The van der Waals surface area contributed by atoms with Crippen LogP contribution in [0.1, 0.15) is 24.8 Å². The van der Waals surface area contributed by atoms with Crippen LogP contribution in [0.25, 0.3) is 0 Å². The molecule has 1 amide bonds. The second kappa shape index (κ2) is 8.25. The molecule has 0 aliphatic heterocycles. The van der Waals surface area contributed by atoms with Crippen molar-refractivity contribution >= 4 is 80.4 Å². The van der Waals surface area contributed by atoms with Gasteiger partial charge in [0, 0.05) is 5.92 Å². The molecule has 24 heavy (non-hydrogen) atoms. The summed E-state index contributed by atoms with van der Waals surface area (Å²) in [6.07, 6.45) is 0. The van der Waals surface area contributed by atoms with Gasteiger partial charge in [-0.2, -0.15) is 0 Å². The van der Waals surface area contributed by atoms with Gasteiger partial charge in [0.1, 0.15) is 15.1 Å². The molecule has 1 N–H and O–H groups in total. The highest BCUT2D eigenvalue weighted by molar-refractivity contribution is 7.15. The topological polar surface area (TPSA) is 64.1 Å². The average molecular weight is 450 g/mol. The van der Waals surface area contributed by atoms with E-state index >= 15 is 0 Å². The van der Waals surface area contributed by atoms with Crippen molar-refractivity contribution in [3.63, 3.8) is 0 Å². The molecule has 0 unspecified atom stereocenters. The van der Waals surface area contributed by atoms with Crippen LogP contribution in [0.3, 0.4) is 0 Å². The number of hydrogen-bond donors (Lipinski definition) is 1. The van der Waals surface area contributed by atoms with E-state index in [1.54, 1.807) is 0 Å². The molecule has 1 aromatic heterocycles. The first-order chi connectivity index (χ1) is 11.2. The van der Waals surface area contributed by atoms with Crippen LogP contribution in [0.5, 0.6) is 5.75 Å². The molecule has 5 nitrogen and oxygen atoms in total. The van der Waals surface area contributed by atoms with Gasteiger partial charge in [-0.15, -0.1) is 10.2 Å². The molecule has 0 fully saturated rings. The molecule has 1 aromatic carbocycles. The van der Waals surface area contributed by atoms with Gasteiger partial charge in [-0.3, -0.25) is 10.1 Å². The van der Waals surface area contributed by atoms with Gasteiger partial charge in [0.15, 0.2) is 12.4 Å². The highest BCUT2D eigenvalue weighted by Crippen LogP contribution is 2.48. The molecule has 0 atom stereocenters. The van der Waals surface area contributed by atoms with Crippen LogP contribution in [-0.4, -0.2) is 22.7 Å².